The molecule has 13 nitrogen and oxygen atoms in total. The van der Waals surface area contributed by atoms with E-state index in [-0.39, 0.29) is 43.6 Å². The molecule has 4 unspecified atom stereocenters. The Morgan fingerprint density at radius 3 is 1.71 bits per heavy atom. The van der Waals surface area contributed by atoms with Gasteiger partial charge in [0, 0.05) is 12.8 Å². The lowest BCUT2D eigenvalue weighted by molar-refractivity contribution is -0.142. The second-order valence-corrected chi connectivity index (χ2v) is 10.6. The van der Waals surface area contributed by atoms with Crippen molar-refractivity contribution in [3.05, 3.63) is 59.7 Å². The maximum atomic E-state index is 13.4. The first kappa shape index (κ1) is 33.9. The molecule has 14 heteroatoms. The highest BCUT2D eigenvalue weighted by atomic mass is 32.2. The topological polar surface area (TPSA) is 234 Å². The number of thioether (sulfide) groups is 1. The molecule has 42 heavy (non-hydrogen) atoms. The van der Waals surface area contributed by atoms with Crippen LogP contribution >= 0.6 is 11.8 Å². The van der Waals surface area contributed by atoms with Gasteiger partial charge in [-0.1, -0.05) is 24.3 Å². The van der Waals surface area contributed by atoms with Crippen LogP contribution in [0.15, 0.2) is 48.5 Å². The molecule has 0 aliphatic carbocycles. The number of primary amides is 1. The molecule has 0 saturated carbocycles. The summed E-state index contributed by atoms with van der Waals surface area (Å²) >= 11 is 1.41. The lowest BCUT2D eigenvalue weighted by atomic mass is 10.0. The number of rotatable bonds is 17. The van der Waals surface area contributed by atoms with Crippen LogP contribution in [0.3, 0.4) is 0 Å². The van der Waals surface area contributed by atoms with Crippen LogP contribution in [0.4, 0.5) is 0 Å². The first-order valence-electron chi connectivity index (χ1n) is 13.1. The molecule has 0 aliphatic rings. The van der Waals surface area contributed by atoms with Crippen LogP contribution in [-0.2, 0) is 36.8 Å². The Balaban J connectivity index is 2.23. The minimum Gasteiger partial charge on any atom is -0.508 e. The number of aliphatic carboxylic acids is 1. The number of hydrogen-bond acceptors (Lipinski definition) is 9. The van der Waals surface area contributed by atoms with Crippen molar-refractivity contribution in [1.82, 2.24) is 16.0 Å². The second-order valence-electron chi connectivity index (χ2n) is 9.66. The van der Waals surface area contributed by atoms with Crippen LogP contribution in [0, 0.1) is 0 Å². The van der Waals surface area contributed by atoms with Crippen molar-refractivity contribution in [2.45, 2.75) is 56.3 Å². The number of nitrogens with one attached hydrogen (secondary N) is 3. The van der Waals surface area contributed by atoms with Gasteiger partial charge in [0.1, 0.15) is 29.6 Å². The van der Waals surface area contributed by atoms with Gasteiger partial charge >= 0.3 is 5.97 Å². The number of nitrogens with two attached hydrogens (primary N) is 2. The normalized spacial score (nSPS) is 13.7. The van der Waals surface area contributed by atoms with Crippen LogP contribution in [0.2, 0.25) is 0 Å². The molecule has 4 amide bonds. The summed E-state index contributed by atoms with van der Waals surface area (Å²) in [6.07, 6.45) is 1.54. The molecule has 2 aromatic rings. The Morgan fingerprint density at radius 1 is 0.738 bits per heavy atom. The fraction of sp³-hybridized carbons (Fsp3) is 0.393. The summed E-state index contributed by atoms with van der Waals surface area (Å²) in [6, 6.07) is 7.11. The van der Waals surface area contributed by atoms with Gasteiger partial charge in [-0.3, -0.25) is 19.2 Å². The van der Waals surface area contributed by atoms with Crippen LogP contribution in [-0.4, -0.2) is 81.1 Å². The highest BCUT2D eigenvalue weighted by Gasteiger charge is 2.30. The quantitative estimate of drug-likeness (QED) is 0.118. The molecule has 0 radical (unpaired) electrons. The van der Waals surface area contributed by atoms with E-state index in [1.807, 2.05) is 0 Å². The van der Waals surface area contributed by atoms with Crippen LogP contribution in [0.25, 0.3) is 0 Å². The number of carbonyl (C=O) groups is 5. The third-order valence-corrected chi connectivity index (χ3v) is 6.92. The van der Waals surface area contributed by atoms with E-state index in [0.29, 0.717) is 16.9 Å². The van der Waals surface area contributed by atoms with Gasteiger partial charge in [0.05, 0.1) is 6.04 Å². The number of phenolic OH excluding ortho intramolecular Hbond substituents is 2. The van der Waals surface area contributed by atoms with Crippen LogP contribution in [0.5, 0.6) is 11.5 Å². The van der Waals surface area contributed by atoms with Crippen molar-refractivity contribution >= 4 is 41.4 Å². The number of hydrogen-bond donors (Lipinski definition) is 8. The van der Waals surface area contributed by atoms with E-state index in [4.69, 9.17) is 11.5 Å². The third-order valence-electron chi connectivity index (χ3n) is 6.28. The molecular formula is C28H37N5O8S. The number of amides is 4. The highest BCUT2D eigenvalue weighted by molar-refractivity contribution is 7.98. The van der Waals surface area contributed by atoms with Crippen LogP contribution in [0.1, 0.15) is 30.4 Å². The van der Waals surface area contributed by atoms with Gasteiger partial charge in [-0.25, -0.2) is 4.79 Å². The summed E-state index contributed by atoms with van der Waals surface area (Å²) in [7, 11) is 0. The summed E-state index contributed by atoms with van der Waals surface area (Å²) in [5.41, 5.74) is 12.5. The second kappa shape index (κ2) is 16.8. The molecule has 0 bridgehead atoms. The van der Waals surface area contributed by atoms with Gasteiger partial charge < -0.3 is 42.7 Å². The highest BCUT2D eigenvalue weighted by Crippen LogP contribution is 2.13. The summed E-state index contributed by atoms with van der Waals surface area (Å²) in [6.45, 7) is 0. The molecule has 2 rings (SSSR count). The van der Waals surface area contributed by atoms with Crippen molar-refractivity contribution in [2.24, 2.45) is 11.5 Å². The fourth-order valence-corrected chi connectivity index (χ4v) is 4.40. The van der Waals surface area contributed by atoms with Crippen molar-refractivity contribution in [2.75, 3.05) is 12.0 Å². The zero-order valence-corrected chi connectivity index (χ0v) is 23.9. The number of aromatic hydroxyl groups is 2. The van der Waals surface area contributed by atoms with E-state index in [9.17, 15) is 39.3 Å². The molecule has 0 saturated heterocycles. The molecule has 0 heterocycles. The molecule has 2 aromatic carbocycles. The summed E-state index contributed by atoms with van der Waals surface area (Å²) in [5.74, 6) is -3.72. The SMILES string of the molecule is CSCCC(NC(=O)C(Cc1ccc(O)cc1)NC(=O)C(CCC(N)=O)NC(=O)C(N)Cc1ccc(O)cc1)C(=O)O. The lowest BCUT2D eigenvalue weighted by Crippen LogP contribution is -2.58. The van der Waals surface area contributed by atoms with E-state index in [1.165, 1.54) is 36.0 Å². The maximum absolute atomic E-state index is 13.4. The minimum absolute atomic E-state index is 0.00957. The van der Waals surface area contributed by atoms with Gasteiger partial charge in [0.2, 0.25) is 23.6 Å². The largest absolute Gasteiger partial charge is 0.508 e. The summed E-state index contributed by atoms with van der Waals surface area (Å²) in [4.78, 5) is 62.7. The molecule has 0 spiro atoms. The zero-order chi connectivity index (χ0) is 31.2. The number of carbonyl (C=O) groups excluding carboxylic acids is 4. The fourth-order valence-electron chi connectivity index (χ4n) is 3.93. The van der Waals surface area contributed by atoms with E-state index >= 15 is 0 Å². The van der Waals surface area contributed by atoms with Crippen molar-refractivity contribution in [1.29, 1.82) is 0 Å². The van der Waals surface area contributed by atoms with Gasteiger partial charge in [-0.15, -0.1) is 0 Å². The van der Waals surface area contributed by atoms with E-state index in [0.717, 1.165) is 0 Å². The first-order chi connectivity index (χ1) is 19.9. The van der Waals surface area contributed by atoms with Crippen molar-refractivity contribution < 1.29 is 39.3 Å². The van der Waals surface area contributed by atoms with Gasteiger partial charge in [0.25, 0.3) is 0 Å². The van der Waals surface area contributed by atoms with E-state index in [2.05, 4.69) is 16.0 Å². The van der Waals surface area contributed by atoms with Crippen LogP contribution < -0.4 is 27.4 Å². The summed E-state index contributed by atoms with van der Waals surface area (Å²) < 4.78 is 0. The molecule has 0 aliphatic heterocycles. The summed E-state index contributed by atoms with van der Waals surface area (Å²) in [5, 5.41) is 36.1. The molecule has 228 valence electrons. The molecule has 0 aromatic heterocycles. The predicted octanol–water partition coefficient (Wildman–Crippen LogP) is -0.232. The minimum atomic E-state index is -1.29. The van der Waals surface area contributed by atoms with E-state index in [1.54, 1.807) is 30.5 Å². The number of carboxylic acid groups (broad SMARTS) is 1. The Labute approximate surface area is 247 Å². The number of carboxylic acids is 1. The predicted molar refractivity (Wildman–Crippen MR) is 156 cm³/mol. The Kier molecular flexibility index (Phi) is 13.6. The molecule has 10 N–H and O–H groups in total. The molecule has 4 atom stereocenters. The molecular weight excluding hydrogens is 566 g/mol. The van der Waals surface area contributed by atoms with Gasteiger partial charge in [0.15, 0.2) is 0 Å². The average molecular weight is 604 g/mol. The number of benzene rings is 2. The van der Waals surface area contributed by atoms with Crippen molar-refractivity contribution in [3.8, 4) is 11.5 Å². The van der Waals surface area contributed by atoms with Gasteiger partial charge in [-0.2, -0.15) is 11.8 Å². The third kappa shape index (κ3) is 11.7. The molecule has 0 fully saturated rings. The van der Waals surface area contributed by atoms with Gasteiger partial charge in [-0.05, 0) is 66.7 Å². The lowest BCUT2D eigenvalue weighted by Gasteiger charge is -2.25. The first-order valence-corrected chi connectivity index (χ1v) is 14.5. The zero-order valence-electron chi connectivity index (χ0n) is 23.1. The van der Waals surface area contributed by atoms with Crippen molar-refractivity contribution in [3.63, 3.8) is 0 Å². The Bertz CT molecular complexity index is 1230. The Hall–Kier alpha value is -4.30. The Morgan fingerprint density at radius 2 is 1.21 bits per heavy atom. The monoisotopic (exact) mass is 603 g/mol. The standard InChI is InChI=1S/C28H37N5O8S/c1-42-13-12-22(28(40)41)32-27(39)23(15-17-4-8-19(35)9-5-17)33-26(38)21(10-11-24(30)36)31-25(37)20(29)14-16-2-6-18(34)7-3-16/h2-9,20-23,34-35H,10-15,29H2,1H3,(H2,30,36)(H,31,37)(H,32,39)(H,33,38)(H,40,41). The maximum Gasteiger partial charge on any atom is 0.326 e. The number of phenols is 2. The average Bonchev–Trinajstić information content (AvgIpc) is 2.94. The van der Waals surface area contributed by atoms with E-state index < -0.39 is 53.8 Å². The smallest absolute Gasteiger partial charge is 0.326 e.